The molecule has 0 atom stereocenters. The van der Waals surface area contributed by atoms with Crippen molar-refractivity contribution >= 4 is 11.6 Å². The van der Waals surface area contributed by atoms with E-state index in [9.17, 15) is 4.79 Å². The molecule has 0 aromatic heterocycles. The third-order valence-corrected chi connectivity index (χ3v) is 2.60. The van der Waals surface area contributed by atoms with Gasteiger partial charge in [-0.1, -0.05) is 36.1 Å². The van der Waals surface area contributed by atoms with E-state index in [2.05, 4.69) is 17.2 Å². The van der Waals surface area contributed by atoms with Crippen LogP contribution < -0.4 is 5.32 Å². The summed E-state index contributed by atoms with van der Waals surface area (Å²) in [5, 5.41) is 2.81. The minimum atomic E-state index is -0.0895. The van der Waals surface area contributed by atoms with Crippen molar-refractivity contribution in [1.29, 1.82) is 0 Å². The van der Waals surface area contributed by atoms with Gasteiger partial charge in [0, 0.05) is 18.1 Å². The third-order valence-electron chi connectivity index (χ3n) is 2.60. The number of benzene rings is 2. The van der Waals surface area contributed by atoms with Gasteiger partial charge in [0.2, 0.25) is 5.91 Å². The number of anilines is 1. The van der Waals surface area contributed by atoms with Gasteiger partial charge in [-0.15, -0.1) is 0 Å². The first kappa shape index (κ1) is 12.9. The molecule has 2 heteroatoms. The molecule has 19 heavy (non-hydrogen) atoms. The Bertz CT molecular complexity index is 648. The van der Waals surface area contributed by atoms with Crippen LogP contribution in [0.4, 0.5) is 5.69 Å². The number of nitrogens with one attached hydrogen (secondary N) is 1. The normalized spacial score (nSPS) is 9.37. The average molecular weight is 249 g/mol. The highest BCUT2D eigenvalue weighted by Crippen LogP contribution is 2.16. The molecule has 1 amide bonds. The van der Waals surface area contributed by atoms with E-state index < -0.39 is 0 Å². The molecule has 0 saturated heterocycles. The number of hydrogen-bond donors (Lipinski definition) is 1. The lowest BCUT2D eigenvalue weighted by atomic mass is 10.1. The monoisotopic (exact) mass is 249 g/mol. The Hall–Kier alpha value is -2.53. The van der Waals surface area contributed by atoms with Gasteiger partial charge in [0.1, 0.15) is 0 Å². The highest BCUT2D eigenvalue weighted by atomic mass is 16.1. The van der Waals surface area contributed by atoms with E-state index in [0.717, 1.165) is 22.4 Å². The molecule has 0 heterocycles. The van der Waals surface area contributed by atoms with Crippen LogP contribution in [0.3, 0.4) is 0 Å². The first-order valence-electron chi connectivity index (χ1n) is 6.10. The lowest BCUT2D eigenvalue weighted by Crippen LogP contribution is -2.07. The number of amides is 1. The van der Waals surface area contributed by atoms with E-state index in [1.54, 1.807) is 0 Å². The molecule has 0 aliphatic carbocycles. The van der Waals surface area contributed by atoms with E-state index in [4.69, 9.17) is 0 Å². The zero-order chi connectivity index (χ0) is 13.7. The molecular weight excluding hydrogens is 234 g/mol. The quantitative estimate of drug-likeness (QED) is 0.771. The Morgan fingerprint density at radius 2 is 1.79 bits per heavy atom. The number of carbonyl (C=O) groups excluding carboxylic acids is 1. The van der Waals surface area contributed by atoms with Crippen LogP contribution in [0.15, 0.2) is 48.5 Å². The zero-order valence-corrected chi connectivity index (χ0v) is 11.0. The molecule has 0 aliphatic heterocycles. The van der Waals surface area contributed by atoms with E-state index in [1.807, 2.05) is 55.5 Å². The Kier molecular flexibility index (Phi) is 4.00. The predicted molar refractivity (Wildman–Crippen MR) is 77.9 cm³/mol. The highest BCUT2D eigenvalue weighted by Gasteiger charge is 2.02. The molecule has 2 aromatic rings. The topological polar surface area (TPSA) is 29.1 Å². The van der Waals surface area contributed by atoms with Crippen molar-refractivity contribution in [2.45, 2.75) is 13.8 Å². The minimum absolute atomic E-state index is 0.0895. The van der Waals surface area contributed by atoms with Crippen LogP contribution in [-0.2, 0) is 4.79 Å². The summed E-state index contributed by atoms with van der Waals surface area (Å²) in [6.07, 6.45) is 0. The van der Waals surface area contributed by atoms with E-state index in [1.165, 1.54) is 6.92 Å². The lowest BCUT2D eigenvalue weighted by Gasteiger charge is -2.06. The molecule has 0 spiro atoms. The van der Waals surface area contributed by atoms with Gasteiger partial charge in [0.15, 0.2) is 0 Å². The summed E-state index contributed by atoms with van der Waals surface area (Å²) in [5.41, 5.74) is 3.63. The average Bonchev–Trinajstić information content (AvgIpc) is 2.38. The van der Waals surface area contributed by atoms with Crippen molar-refractivity contribution in [1.82, 2.24) is 0 Å². The van der Waals surface area contributed by atoms with Crippen molar-refractivity contribution in [3.63, 3.8) is 0 Å². The minimum Gasteiger partial charge on any atom is -0.325 e. The summed E-state index contributed by atoms with van der Waals surface area (Å²) in [6.45, 7) is 3.48. The fourth-order valence-corrected chi connectivity index (χ4v) is 1.72. The van der Waals surface area contributed by atoms with Crippen molar-refractivity contribution < 1.29 is 4.79 Å². The summed E-state index contributed by atoms with van der Waals surface area (Å²) >= 11 is 0. The molecule has 1 N–H and O–H groups in total. The second-order valence-corrected chi connectivity index (χ2v) is 4.35. The first-order chi connectivity index (χ1) is 9.15. The summed E-state index contributed by atoms with van der Waals surface area (Å²) in [6, 6.07) is 15.6. The summed E-state index contributed by atoms with van der Waals surface area (Å²) < 4.78 is 0. The molecule has 2 aromatic carbocycles. The van der Waals surface area contributed by atoms with Crippen molar-refractivity contribution in [3.05, 3.63) is 65.2 Å². The van der Waals surface area contributed by atoms with Gasteiger partial charge in [-0.25, -0.2) is 0 Å². The van der Waals surface area contributed by atoms with E-state index >= 15 is 0 Å². The molecule has 94 valence electrons. The Balaban J connectivity index is 2.35. The van der Waals surface area contributed by atoms with Crippen LogP contribution in [0, 0.1) is 18.8 Å². The molecule has 0 saturated carbocycles. The van der Waals surface area contributed by atoms with Crippen LogP contribution in [0.2, 0.25) is 0 Å². The van der Waals surface area contributed by atoms with Crippen molar-refractivity contribution in [3.8, 4) is 11.8 Å². The number of aryl methyl sites for hydroxylation is 1. The highest BCUT2D eigenvalue weighted by molar-refractivity contribution is 5.90. The maximum atomic E-state index is 11.2. The fraction of sp³-hybridized carbons (Fsp3) is 0.118. The zero-order valence-electron chi connectivity index (χ0n) is 11.0. The molecule has 2 nitrogen and oxygen atoms in total. The summed E-state index contributed by atoms with van der Waals surface area (Å²) in [7, 11) is 0. The first-order valence-corrected chi connectivity index (χ1v) is 6.10. The van der Waals surface area contributed by atoms with Crippen molar-refractivity contribution in [2.75, 3.05) is 5.32 Å². The van der Waals surface area contributed by atoms with Crippen LogP contribution in [0.5, 0.6) is 0 Å². The smallest absolute Gasteiger partial charge is 0.221 e. The number of carbonyl (C=O) groups is 1. The van der Waals surface area contributed by atoms with Crippen LogP contribution in [0.25, 0.3) is 0 Å². The predicted octanol–water partition coefficient (Wildman–Crippen LogP) is 3.35. The molecular formula is C17H15NO. The fourth-order valence-electron chi connectivity index (χ4n) is 1.72. The van der Waals surface area contributed by atoms with Gasteiger partial charge >= 0.3 is 0 Å². The SMILES string of the molecule is CC(=O)Nc1cc(C)ccc1C#Cc1ccccc1. The standard InChI is InChI=1S/C17H15NO/c1-13-8-10-16(17(12-13)18-14(2)19)11-9-15-6-4-3-5-7-15/h3-8,10,12H,1-2H3,(H,18,19). The van der Waals surface area contributed by atoms with Gasteiger partial charge in [0.25, 0.3) is 0 Å². The van der Waals surface area contributed by atoms with Crippen LogP contribution in [-0.4, -0.2) is 5.91 Å². The van der Waals surface area contributed by atoms with Gasteiger partial charge in [-0.05, 0) is 36.8 Å². The van der Waals surface area contributed by atoms with Crippen LogP contribution >= 0.6 is 0 Å². The van der Waals surface area contributed by atoms with Gasteiger partial charge < -0.3 is 5.32 Å². The molecule has 0 unspecified atom stereocenters. The second kappa shape index (κ2) is 5.88. The van der Waals surface area contributed by atoms with E-state index in [0.29, 0.717) is 0 Å². The molecule has 0 bridgehead atoms. The number of rotatable bonds is 1. The lowest BCUT2D eigenvalue weighted by molar-refractivity contribution is -0.114. The molecule has 0 aliphatic rings. The van der Waals surface area contributed by atoms with Gasteiger partial charge in [-0.3, -0.25) is 4.79 Å². The molecule has 0 radical (unpaired) electrons. The Morgan fingerprint density at radius 3 is 2.47 bits per heavy atom. The van der Waals surface area contributed by atoms with Crippen LogP contribution in [0.1, 0.15) is 23.6 Å². The largest absolute Gasteiger partial charge is 0.325 e. The van der Waals surface area contributed by atoms with Gasteiger partial charge in [0.05, 0.1) is 5.69 Å². The second-order valence-electron chi connectivity index (χ2n) is 4.35. The third kappa shape index (κ3) is 3.72. The van der Waals surface area contributed by atoms with E-state index in [-0.39, 0.29) is 5.91 Å². The molecule has 2 rings (SSSR count). The Labute approximate surface area is 113 Å². The maximum absolute atomic E-state index is 11.2. The van der Waals surface area contributed by atoms with Crippen molar-refractivity contribution in [2.24, 2.45) is 0 Å². The summed E-state index contributed by atoms with van der Waals surface area (Å²) in [5.74, 6) is 6.10. The maximum Gasteiger partial charge on any atom is 0.221 e. The number of hydrogen-bond acceptors (Lipinski definition) is 1. The Morgan fingerprint density at radius 1 is 1.05 bits per heavy atom. The summed E-state index contributed by atoms with van der Waals surface area (Å²) in [4.78, 5) is 11.2. The van der Waals surface area contributed by atoms with Gasteiger partial charge in [-0.2, -0.15) is 0 Å². The molecule has 0 fully saturated rings.